The number of halogens is 1. The number of ether oxygens (including phenoxy) is 1. The third-order valence-corrected chi connectivity index (χ3v) is 6.32. The minimum Gasteiger partial charge on any atom is -0.371 e. The molecule has 2 aromatic rings. The van der Waals surface area contributed by atoms with Gasteiger partial charge in [0, 0.05) is 41.9 Å². The Kier molecular flexibility index (Phi) is 4.57. The Morgan fingerprint density at radius 1 is 1.21 bits per heavy atom. The summed E-state index contributed by atoms with van der Waals surface area (Å²) < 4.78 is 20.1. The third kappa shape index (κ3) is 3.48. The van der Waals surface area contributed by atoms with Crippen molar-refractivity contribution in [3.8, 4) is 0 Å². The number of thioether (sulfide) groups is 1. The zero-order chi connectivity index (χ0) is 16.4. The molecular formula is C19H21FN2OS. The van der Waals surface area contributed by atoms with Crippen molar-refractivity contribution < 1.29 is 9.13 Å². The van der Waals surface area contributed by atoms with Crippen molar-refractivity contribution in [3.05, 3.63) is 65.7 Å². The molecule has 2 fully saturated rings. The van der Waals surface area contributed by atoms with E-state index in [0.29, 0.717) is 24.0 Å². The Hall–Kier alpha value is -1.43. The van der Waals surface area contributed by atoms with Gasteiger partial charge >= 0.3 is 0 Å². The Balaban J connectivity index is 1.25. The summed E-state index contributed by atoms with van der Waals surface area (Å²) in [4.78, 5) is 6.63. The topological polar surface area (TPSA) is 25.4 Å². The van der Waals surface area contributed by atoms with E-state index in [4.69, 9.17) is 4.74 Å². The lowest BCUT2D eigenvalue weighted by Gasteiger charge is -2.47. The van der Waals surface area contributed by atoms with Gasteiger partial charge in [0.05, 0.1) is 18.4 Å². The highest BCUT2D eigenvalue weighted by molar-refractivity contribution is 8.01. The molecule has 1 aromatic heterocycles. The van der Waals surface area contributed by atoms with Gasteiger partial charge in [-0.25, -0.2) is 4.39 Å². The smallest absolute Gasteiger partial charge is 0.127 e. The predicted octanol–water partition coefficient (Wildman–Crippen LogP) is 3.50. The molecule has 2 aliphatic heterocycles. The van der Waals surface area contributed by atoms with E-state index in [0.717, 1.165) is 36.5 Å². The van der Waals surface area contributed by atoms with E-state index in [-0.39, 0.29) is 5.82 Å². The second-order valence-corrected chi connectivity index (χ2v) is 8.18. The molecule has 2 saturated heterocycles. The monoisotopic (exact) mass is 344 g/mol. The van der Waals surface area contributed by atoms with Crippen molar-refractivity contribution >= 4 is 11.8 Å². The second-order valence-electron chi connectivity index (χ2n) is 6.69. The van der Waals surface area contributed by atoms with Gasteiger partial charge in [0.1, 0.15) is 5.82 Å². The van der Waals surface area contributed by atoms with Gasteiger partial charge in [-0.1, -0.05) is 24.3 Å². The Morgan fingerprint density at radius 3 is 2.83 bits per heavy atom. The van der Waals surface area contributed by atoms with Gasteiger partial charge < -0.3 is 4.74 Å². The zero-order valence-corrected chi connectivity index (χ0v) is 14.3. The standard InChI is InChI=1S/C19H21FN2OS/c20-18-7-2-1-5-15(18)10-22-13-19(14-22)9-17(12-24-19)23-11-16-6-3-4-8-21-16/h1-8,17H,9-14H2. The first-order valence-electron chi connectivity index (χ1n) is 8.34. The van der Waals surface area contributed by atoms with Crippen LogP contribution in [0.2, 0.25) is 0 Å². The molecule has 1 unspecified atom stereocenters. The Labute approximate surface area is 146 Å². The van der Waals surface area contributed by atoms with E-state index >= 15 is 0 Å². The molecule has 1 atom stereocenters. The van der Waals surface area contributed by atoms with Crippen molar-refractivity contribution in [2.24, 2.45) is 0 Å². The van der Waals surface area contributed by atoms with Crippen molar-refractivity contribution in [2.75, 3.05) is 18.8 Å². The first-order chi connectivity index (χ1) is 11.7. The van der Waals surface area contributed by atoms with E-state index in [1.807, 2.05) is 42.1 Å². The van der Waals surface area contributed by atoms with Gasteiger partial charge in [-0.3, -0.25) is 9.88 Å². The van der Waals surface area contributed by atoms with E-state index in [1.54, 1.807) is 12.3 Å². The maximum atomic E-state index is 13.7. The molecule has 0 amide bonds. The number of hydrogen-bond donors (Lipinski definition) is 0. The summed E-state index contributed by atoms with van der Waals surface area (Å²) in [6, 6.07) is 13.0. The average Bonchev–Trinajstić information content (AvgIpc) is 3.00. The number of likely N-dealkylation sites (tertiary alicyclic amines) is 1. The molecule has 1 aromatic carbocycles. The highest BCUT2D eigenvalue weighted by Crippen LogP contribution is 2.46. The predicted molar refractivity (Wildman–Crippen MR) is 94.3 cm³/mol. The summed E-state index contributed by atoms with van der Waals surface area (Å²) in [6.07, 6.45) is 3.18. The molecule has 0 bridgehead atoms. The largest absolute Gasteiger partial charge is 0.371 e. The molecule has 2 aliphatic rings. The van der Waals surface area contributed by atoms with Gasteiger partial charge in [0.15, 0.2) is 0 Å². The lowest BCUT2D eigenvalue weighted by Crippen LogP contribution is -2.58. The molecule has 1 spiro atoms. The molecule has 0 N–H and O–H groups in total. The van der Waals surface area contributed by atoms with Crippen LogP contribution in [-0.2, 0) is 17.9 Å². The number of pyridine rings is 1. The minimum absolute atomic E-state index is 0.103. The minimum atomic E-state index is -0.103. The van der Waals surface area contributed by atoms with Gasteiger partial charge in [0.25, 0.3) is 0 Å². The normalized spacial score (nSPS) is 22.6. The van der Waals surface area contributed by atoms with E-state index in [9.17, 15) is 4.39 Å². The molecule has 0 aliphatic carbocycles. The fourth-order valence-electron chi connectivity index (χ4n) is 3.56. The molecule has 0 saturated carbocycles. The summed E-state index contributed by atoms with van der Waals surface area (Å²) in [7, 11) is 0. The summed E-state index contributed by atoms with van der Waals surface area (Å²) in [5.41, 5.74) is 1.77. The third-order valence-electron chi connectivity index (χ3n) is 4.74. The van der Waals surface area contributed by atoms with Crippen molar-refractivity contribution in [3.63, 3.8) is 0 Å². The maximum Gasteiger partial charge on any atom is 0.127 e. The number of benzene rings is 1. The fourth-order valence-corrected chi connectivity index (χ4v) is 5.17. The molecular weight excluding hydrogens is 323 g/mol. The van der Waals surface area contributed by atoms with Crippen LogP contribution in [0.5, 0.6) is 0 Å². The van der Waals surface area contributed by atoms with Crippen LogP contribution < -0.4 is 0 Å². The number of rotatable bonds is 5. The van der Waals surface area contributed by atoms with Crippen molar-refractivity contribution in [1.29, 1.82) is 0 Å². The van der Waals surface area contributed by atoms with Crippen LogP contribution in [0.1, 0.15) is 17.7 Å². The quantitative estimate of drug-likeness (QED) is 0.829. The number of nitrogens with zero attached hydrogens (tertiary/aromatic N) is 2. The van der Waals surface area contributed by atoms with Crippen LogP contribution in [-0.4, -0.2) is 39.6 Å². The van der Waals surface area contributed by atoms with Crippen LogP contribution in [0.3, 0.4) is 0 Å². The number of aromatic nitrogens is 1. The molecule has 5 heteroatoms. The SMILES string of the molecule is Fc1ccccc1CN1CC2(CC(OCc3ccccn3)CS2)C1. The van der Waals surface area contributed by atoms with Crippen LogP contribution >= 0.6 is 11.8 Å². The molecule has 0 radical (unpaired) electrons. The van der Waals surface area contributed by atoms with Crippen LogP contribution in [0, 0.1) is 5.82 Å². The fraction of sp³-hybridized carbons (Fsp3) is 0.421. The summed E-state index contributed by atoms with van der Waals surface area (Å²) in [6.45, 7) is 3.33. The summed E-state index contributed by atoms with van der Waals surface area (Å²) >= 11 is 2.01. The van der Waals surface area contributed by atoms with E-state index in [2.05, 4.69) is 9.88 Å². The summed E-state index contributed by atoms with van der Waals surface area (Å²) in [5, 5.41) is 0. The van der Waals surface area contributed by atoms with Gasteiger partial charge in [-0.15, -0.1) is 11.8 Å². The lowest BCUT2D eigenvalue weighted by molar-refractivity contribution is 0.0249. The molecule has 126 valence electrons. The van der Waals surface area contributed by atoms with E-state index < -0.39 is 0 Å². The zero-order valence-electron chi connectivity index (χ0n) is 13.5. The maximum absolute atomic E-state index is 13.7. The second kappa shape index (κ2) is 6.82. The van der Waals surface area contributed by atoms with Crippen LogP contribution in [0.4, 0.5) is 4.39 Å². The highest BCUT2D eigenvalue weighted by atomic mass is 32.2. The molecule has 4 rings (SSSR count). The number of hydrogen-bond acceptors (Lipinski definition) is 4. The Bertz CT molecular complexity index is 691. The molecule has 24 heavy (non-hydrogen) atoms. The van der Waals surface area contributed by atoms with Crippen molar-refractivity contribution in [1.82, 2.24) is 9.88 Å². The van der Waals surface area contributed by atoms with Gasteiger partial charge in [-0.2, -0.15) is 0 Å². The summed E-state index contributed by atoms with van der Waals surface area (Å²) in [5.74, 6) is 0.939. The van der Waals surface area contributed by atoms with Gasteiger partial charge in [0.2, 0.25) is 0 Å². The highest BCUT2D eigenvalue weighted by Gasteiger charge is 2.49. The first-order valence-corrected chi connectivity index (χ1v) is 9.32. The average molecular weight is 344 g/mol. The van der Waals surface area contributed by atoms with Crippen LogP contribution in [0.25, 0.3) is 0 Å². The first kappa shape index (κ1) is 16.1. The molecule has 3 nitrogen and oxygen atoms in total. The van der Waals surface area contributed by atoms with E-state index in [1.165, 1.54) is 6.07 Å². The Morgan fingerprint density at radius 2 is 2.04 bits per heavy atom. The molecule has 3 heterocycles. The van der Waals surface area contributed by atoms with Gasteiger partial charge in [-0.05, 0) is 24.6 Å². The lowest BCUT2D eigenvalue weighted by atomic mass is 9.92. The van der Waals surface area contributed by atoms with Crippen LogP contribution in [0.15, 0.2) is 48.7 Å². The van der Waals surface area contributed by atoms with Crippen molar-refractivity contribution in [2.45, 2.75) is 30.4 Å².